The predicted octanol–water partition coefficient (Wildman–Crippen LogP) is -0.130. The average molecular weight is 182 g/mol. The molecule has 4 nitrogen and oxygen atoms in total. The van der Waals surface area contributed by atoms with Crippen molar-refractivity contribution in [2.75, 3.05) is 13.2 Å². The van der Waals surface area contributed by atoms with Crippen molar-refractivity contribution in [2.45, 2.75) is 19.1 Å². The van der Waals surface area contributed by atoms with Crippen LogP contribution < -0.4 is 5.32 Å². The number of ether oxygens (including phenoxy) is 1. The number of carboxylic acids is 1. The van der Waals surface area contributed by atoms with Gasteiger partial charge in [-0.05, 0) is 6.92 Å². The van der Waals surface area contributed by atoms with Gasteiger partial charge in [0.05, 0.1) is 12.7 Å². The quantitative estimate of drug-likeness (QED) is 0.592. The molecule has 0 amide bonds. The van der Waals surface area contributed by atoms with Gasteiger partial charge in [-0.15, -0.1) is 12.4 Å². The zero-order valence-corrected chi connectivity index (χ0v) is 7.06. The van der Waals surface area contributed by atoms with Crippen LogP contribution in [0.5, 0.6) is 0 Å². The molecule has 0 aromatic rings. The van der Waals surface area contributed by atoms with Gasteiger partial charge < -0.3 is 9.84 Å². The van der Waals surface area contributed by atoms with E-state index in [9.17, 15) is 4.79 Å². The summed E-state index contributed by atoms with van der Waals surface area (Å²) >= 11 is 0. The fourth-order valence-corrected chi connectivity index (χ4v) is 0.845. The van der Waals surface area contributed by atoms with E-state index in [1.54, 1.807) is 0 Å². The summed E-state index contributed by atoms with van der Waals surface area (Å²) in [5, 5.41) is 11.3. The lowest BCUT2D eigenvalue weighted by molar-refractivity contribution is -0.143. The highest BCUT2D eigenvalue weighted by atomic mass is 35.5. The highest BCUT2D eigenvalue weighted by molar-refractivity contribution is 5.85. The van der Waals surface area contributed by atoms with Gasteiger partial charge in [0.2, 0.25) is 0 Å². The highest BCUT2D eigenvalue weighted by Crippen LogP contribution is 1.99. The van der Waals surface area contributed by atoms with Crippen LogP contribution >= 0.6 is 12.4 Å². The first kappa shape index (κ1) is 10.7. The Hall–Kier alpha value is -0.320. The monoisotopic (exact) mass is 181 g/mol. The van der Waals surface area contributed by atoms with Gasteiger partial charge in [0.25, 0.3) is 0 Å². The summed E-state index contributed by atoms with van der Waals surface area (Å²) < 4.78 is 5.11. The van der Waals surface area contributed by atoms with Crippen LogP contribution in [0.2, 0.25) is 0 Å². The Balaban J connectivity index is 0.000001000. The van der Waals surface area contributed by atoms with Crippen molar-refractivity contribution in [3.8, 4) is 0 Å². The van der Waals surface area contributed by atoms with Gasteiger partial charge in [-0.1, -0.05) is 0 Å². The smallest absolute Gasteiger partial charge is 0.323 e. The molecule has 1 aliphatic heterocycles. The van der Waals surface area contributed by atoms with Crippen LogP contribution in [-0.2, 0) is 9.53 Å². The molecule has 11 heavy (non-hydrogen) atoms. The number of hydrogen-bond acceptors (Lipinski definition) is 3. The van der Waals surface area contributed by atoms with Crippen molar-refractivity contribution in [1.82, 2.24) is 5.32 Å². The minimum absolute atomic E-state index is 0. The molecule has 1 heterocycles. The number of halogens is 1. The van der Waals surface area contributed by atoms with Crippen molar-refractivity contribution in [3.63, 3.8) is 0 Å². The van der Waals surface area contributed by atoms with Gasteiger partial charge in [-0.3, -0.25) is 10.1 Å². The van der Waals surface area contributed by atoms with Crippen molar-refractivity contribution < 1.29 is 14.6 Å². The maximum Gasteiger partial charge on any atom is 0.323 e. The maximum absolute atomic E-state index is 10.3. The molecule has 0 radical (unpaired) electrons. The number of rotatable bonds is 1. The first-order valence-electron chi connectivity index (χ1n) is 3.28. The summed E-state index contributed by atoms with van der Waals surface area (Å²) in [5.74, 6) is -0.841. The lowest BCUT2D eigenvalue weighted by Gasteiger charge is -2.25. The molecular weight excluding hydrogens is 170 g/mol. The van der Waals surface area contributed by atoms with Gasteiger partial charge in [-0.2, -0.15) is 0 Å². The summed E-state index contributed by atoms with van der Waals surface area (Å²) in [6, 6.07) is -0.517. The molecular formula is C6H12ClNO3. The number of carboxylic acid groups (broad SMARTS) is 1. The topological polar surface area (TPSA) is 58.6 Å². The Morgan fingerprint density at radius 3 is 2.73 bits per heavy atom. The van der Waals surface area contributed by atoms with E-state index in [-0.39, 0.29) is 25.1 Å². The molecule has 1 aliphatic rings. The van der Waals surface area contributed by atoms with Gasteiger partial charge >= 0.3 is 5.97 Å². The molecule has 0 saturated carbocycles. The predicted molar refractivity (Wildman–Crippen MR) is 42.1 cm³/mol. The summed E-state index contributed by atoms with van der Waals surface area (Å²) in [5.41, 5.74) is 0. The van der Waals surface area contributed by atoms with E-state index < -0.39 is 12.0 Å². The van der Waals surface area contributed by atoms with Crippen molar-refractivity contribution >= 4 is 18.4 Å². The molecule has 0 bridgehead atoms. The molecule has 1 saturated heterocycles. The Labute approximate surface area is 71.3 Å². The minimum atomic E-state index is -0.841. The Morgan fingerprint density at radius 1 is 1.73 bits per heavy atom. The normalized spacial score (nSPS) is 30.6. The van der Waals surface area contributed by atoms with Crippen molar-refractivity contribution in [1.29, 1.82) is 0 Å². The Morgan fingerprint density at radius 2 is 2.36 bits per heavy atom. The SMILES string of the molecule is C[C@@H]1CN[C@H](C(=O)O)CO1.Cl. The standard InChI is InChI=1S/C6H11NO3.ClH/c1-4-2-7-5(3-10-4)6(8)9;/h4-5,7H,2-3H2,1H3,(H,8,9);1H/t4-,5+;/m1./s1. The van der Waals surface area contributed by atoms with E-state index >= 15 is 0 Å². The second kappa shape index (κ2) is 4.54. The third-order valence-electron chi connectivity index (χ3n) is 1.50. The molecule has 5 heteroatoms. The number of aliphatic carboxylic acids is 1. The number of carbonyl (C=O) groups is 1. The molecule has 1 fully saturated rings. The number of nitrogens with one attached hydrogen (secondary N) is 1. The minimum Gasteiger partial charge on any atom is -0.480 e. The zero-order valence-electron chi connectivity index (χ0n) is 6.24. The second-order valence-electron chi connectivity index (χ2n) is 2.44. The van der Waals surface area contributed by atoms with Crippen LogP contribution in [0.15, 0.2) is 0 Å². The van der Waals surface area contributed by atoms with Crippen LogP contribution in [0.1, 0.15) is 6.92 Å². The first-order valence-corrected chi connectivity index (χ1v) is 3.28. The fraction of sp³-hybridized carbons (Fsp3) is 0.833. The Kier molecular flexibility index (Phi) is 4.40. The van der Waals surface area contributed by atoms with E-state index in [2.05, 4.69) is 5.32 Å². The highest BCUT2D eigenvalue weighted by Gasteiger charge is 2.22. The average Bonchev–Trinajstić information content (AvgIpc) is 1.88. The van der Waals surface area contributed by atoms with Crippen molar-refractivity contribution in [3.05, 3.63) is 0 Å². The van der Waals surface area contributed by atoms with E-state index in [1.165, 1.54) is 0 Å². The zero-order chi connectivity index (χ0) is 7.56. The first-order chi connectivity index (χ1) is 4.70. The summed E-state index contributed by atoms with van der Waals surface area (Å²) in [6.07, 6.45) is 0.135. The molecule has 0 aromatic heterocycles. The molecule has 0 aromatic carbocycles. The number of hydrogen-bond donors (Lipinski definition) is 2. The molecule has 0 unspecified atom stereocenters. The third-order valence-corrected chi connectivity index (χ3v) is 1.50. The summed E-state index contributed by atoms with van der Waals surface area (Å²) in [7, 11) is 0. The van der Waals surface area contributed by atoms with Crippen LogP contribution in [0, 0.1) is 0 Å². The Bertz CT molecular complexity index is 134. The second-order valence-corrected chi connectivity index (χ2v) is 2.44. The van der Waals surface area contributed by atoms with Gasteiger partial charge in [0.1, 0.15) is 6.04 Å². The van der Waals surface area contributed by atoms with Crippen LogP contribution in [0.25, 0.3) is 0 Å². The maximum atomic E-state index is 10.3. The summed E-state index contributed by atoms with van der Waals surface area (Å²) in [4.78, 5) is 10.3. The molecule has 0 aliphatic carbocycles. The molecule has 66 valence electrons. The van der Waals surface area contributed by atoms with E-state index in [4.69, 9.17) is 9.84 Å². The lowest BCUT2D eigenvalue weighted by Crippen LogP contribution is -2.49. The largest absolute Gasteiger partial charge is 0.480 e. The van der Waals surface area contributed by atoms with Crippen LogP contribution in [0.3, 0.4) is 0 Å². The van der Waals surface area contributed by atoms with E-state index in [0.717, 1.165) is 0 Å². The van der Waals surface area contributed by atoms with E-state index in [1.807, 2.05) is 6.92 Å². The fourth-order valence-electron chi connectivity index (χ4n) is 0.845. The lowest BCUT2D eigenvalue weighted by atomic mass is 10.2. The van der Waals surface area contributed by atoms with Crippen molar-refractivity contribution in [2.24, 2.45) is 0 Å². The third kappa shape index (κ3) is 3.05. The molecule has 0 spiro atoms. The van der Waals surface area contributed by atoms with E-state index in [0.29, 0.717) is 6.54 Å². The number of morpholine rings is 1. The van der Waals surface area contributed by atoms with Gasteiger partial charge in [0.15, 0.2) is 0 Å². The van der Waals surface area contributed by atoms with Gasteiger partial charge in [-0.25, -0.2) is 0 Å². The molecule has 2 atom stereocenters. The molecule has 2 N–H and O–H groups in total. The van der Waals surface area contributed by atoms with Crippen LogP contribution in [0.4, 0.5) is 0 Å². The van der Waals surface area contributed by atoms with Gasteiger partial charge in [0, 0.05) is 6.54 Å². The summed E-state index contributed by atoms with van der Waals surface area (Å²) in [6.45, 7) is 2.80. The molecule has 1 rings (SSSR count). The van der Waals surface area contributed by atoms with Crippen LogP contribution in [-0.4, -0.2) is 36.4 Å².